The van der Waals surface area contributed by atoms with Gasteiger partial charge in [0.15, 0.2) is 0 Å². The summed E-state index contributed by atoms with van der Waals surface area (Å²) in [6.07, 6.45) is 6.14. The van der Waals surface area contributed by atoms with Crippen molar-refractivity contribution in [3.63, 3.8) is 0 Å². The van der Waals surface area contributed by atoms with Crippen molar-refractivity contribution in [3.8, 4) is 0 Å². The fourth-order valence-corrected chi connectivity index (χ4v) is 2.44. The average molecular weight is 262 g/mol. The fourth-order valence-electron chi connectivity index (χ4n) is 1.94. The SMILES string of the molecule is CSCCCCNC(=O)c1cccc2cc[nH]c12. The van der Waals surface area contributed by atoms with Crippen LogP contribution in [0.15, 0.2) is 30.5 Å². The highest BCUT2D eigenvalue weighted by Gasteiger charge is 2.09. The Labute approximate surface area is 111 Å². The second kappa shape index (κ2) is 6.50. The quantitative estimate of drug-likeness (QED) is 0.786. The molecule has 0 saturated carbocycles. The van der Waals surface area contributed by atoms with Crippen molar-refractivity contribution in [1.29, 1.82) is 0 Å². The lowest BCUT2D eigenvalue weighted by molar-refractivity contribution is 0.0954. The van der Waals surface area contributed by atoms with Crippen LogP contribution in [0, 0.1) is 0 Å². The van der Waals surface area contributed by atoms with Crippen LogP contribution in [0.25, 0.3) is 10.9 Å². The van der Waals surface area contributed by atoms with Gasteiger partial charge in [0.1, 0.15) is 0 Å². The number of benzene rings is 1. The van der Waals surface area contributed by atoms with E-state index in [2.05, 4.69) is 16.6 Å². The Morgan fingerprint density at radius 2 is 2.22 bits per heavy atom. The lowest BCUT2D eigenvalue weighted by Gasteiger charge is -2.06. The zero-order valence-corrected chi connectivity index (χ0v) is 11.3. The van der Waals surface area contributed by atoms with E-state index in [1.54, 1.807) is 0 Å². The van der Waals surface area contributed by atoms with E-state index in [9.17, 15) is 4.79 Å². The molecule has 0 bridgehead atoms. The van der Waals surface area contributed by atoms with Crippen molar-refractivity contribution in [3.05, 3.63) is 36.0 Å². The molecule has 1 aromatic heterocycles. The number of nitrogens with one attached hydrogen (secondary N) is 2. The summed E-state index contributed by atoms with van der Waals surface area (Å²) in [7, 11) is 0. The molecule has 2 rings (SSSR count). The summed E-state index contributed by atoms with van der Waals surface area (Å²) >= 11 is 1.84. The minimum absolute atomic E-state index is 0.00667. The standard InChI is InChI=1S/C14H18N2OS/c1-18-10-3-2-8-16-14(17)12-6-4-5-11-7-9-15-13(11)12/h4-7,9,15H,2-3,8,10H2,1H3,(H,16,17). The van der Waals surface area contributed by atoms with E-state index in [4.69, 9.17) is 0 Å². The summed E-state index contributed by atoms with van der Waals surface area (Å²) in [5.41, 5.74) is 1.64. The summed E-state index contributed by atoms with van der Waals surface area (Å²) in [4.78, 5) is 15.2. The second-order valence-electron chi connectivity index (χ2n) is 4.20. The first-order chi connectivity index (χ1) is 8.83. The smallest absolute Gasteiger partial charge is 0.253 e. The van der Waals surface area contributed by atoms with E-state index < -0.39 is 0 Å². The van der Waals surface area contributed by atoms with Gasteiger partial charge >= 0.3 is 0 Å². The molecule has 1 aromatic carbocycles. The Bertz CT molecular complexity index is 521. The molecule has 1 heterocycles. The number of rotatable bonds is 6. The second-order valence-corrected chi connectivity index (χ2v) is 5.19. The van der Waals surface area contributed by atoms with Gasteiger partial charge < -0.3 is 10.3 Å². The highest BCUT2D eigenvalue weighted by Crippen LogP contribution is 2.16. The summed E-state index contributed by atoms with van der Waals surface area (Å²) in [5, 5.41) is 4.05. The number of amides is 1. The van der Waals surface area contributed by atoms with Crippen molar-refractivity contribution in [2.24, 2.45) is 0 Å². The molecule has 18 heavy (non-hydrogen) atoms. The molecule has 4 heteroatoms. The Hall–Kier alpha value is -1.42. The van der Waals surface area contributed by atoms with Crippen molar-refractivity contribution >= 4 is 28.6 Å². The van der Waals surface area contributed by atoms with E-state index in [-0.39, 0.29) is 5.91 Å². The first kappa shape index (κ1) is 13.0. The number of hydrogen-bond acceptors (Lipinski definition) is 2. The van der Waals surface area contributed by atoms with Crippen LogP contribution < -0.4 is 5.32 Å². The molecule has 0 radical (unpaired) electrons. The van der Waals surface area contributed by atoms with Crippen LogP contribution in [0.3, 0.4) is 0 Å². The van der Waals surface area contributed by atoms with Crippen LogP contribution >= 0.6 is 11.8 Å². The van der Waals surface area contributed by atoms with E-state index in [0.29, 0.717) is 0 Å². The van der Waals surface area contributed by atoms with Crippen molar-refractivity contribution in [2.45, 2.75) is 12.8 Å². The number of carbonyl (C=O) groups is 1. The minimum Gasteiger partial charge on any atom is -0.361 e. The molecular formula is C14H18N2OS. The molecule has 0 saturated heterocycles. The Morgan fingerprint density at radius 3 is 3.06 bits per heavy atom. The van der Waals surface area contributed by atoms with Gasteiger partial charge in [0, 0.05) is 18.1 Å². The van der Waals surface area contributed by atoms with Gasteiger partial charge in [0.2, 0.25) is 0 Å². The fraction of sp³-hybridized carbons (Fsp3) is 0.357. The molecule has 0 unspecified atom stereocenters. The zero-order valence-electron chi connectivity index (χ0n) is 10.5. The highest BCUT2D eigenvalue weighted by atomic mass is 32.2. The molecule has 0 aliphatic heterocycles. The normalized spacial score (nSPS) is 10.7. The topological polar surface area (TPSA) is 44.9 Å². The van der Waals surface area contributed by atoms with Crippen LogP contribution in [-0.4, -0.2) is 29.4 Å². The maximum atomic E-state index is 12.1. The van der Waals surface area contributed by atoms with Crippen LogP contribution in [-0.2, 0) is 0 Å². The number of aromatic nitrogens is 1. The number of aromatic amines is 1. The van der Waals surface area contributed by atoms with E-state index >= 15 is 0 Å². The van der Waals surface area contributed by atoms with Crippen molar-refractivity contribution in [1.82, 2.24) is 10.3 Å². The lowest BCUT2D eigenvalue weighted by atomic mass is 10.1. The molecule has 0 spiro atoms. The summed E-state index contributed by atoms with van der Waals surface area (Å²) in [6.45, 7) is 0.747. The number of carbonyl (C=O) groups excluding carboxylic acids is 1. The first-order valence-corrected chi connectivity index (χ1v) is 7.55. The first-order valence-electron chi connectivity index (χ1n) is 6.16. The number of thioether (sulfide) groups is 1. The zero-order chi connectivity index (χ0) is 12.8. The number of fused-ring (bicyclic) bond motifs is 1. The van der Waals surface area contributed by atoms with Crippen LogP contribution in [0.1, 0.15) is 23.2 Å². The number of para-hydroxylation sites is 1. The number of H-pyrrole nitrogens is 1. The van der Waals surface area contributed by atoms with Gasteiger partial charge in [-0.05, 0) is 37.0 Å². The van der Waals surface area contributed by atoms with Gasteiger partial charge in [-0.1, -0.05) is 12.1 Å². The van der Waals surface area contributed by atoms with E-state index in [0.717, 1.165) is 41.6 Å². The van der Waals surface area contributed by atoms with Gasteiger partial charge in [0.25, 0.3) is 5.91 Å². The minimum atomic E-state index is 0.00667. The largest absolute Gasteiger partial charge is 0.361 e. The van der Waals surface area contributed by atoms with Gasteiger partial charge in [-0.2, -0.15) is 11.8 Å². The molecular weight excluding hydrogens is 244 g/mol. The van der Waals surface area contributed by atoms with Gasteiger partial charge in [-0.3, -0.25) is 4.79 Å². The van der Waals surface area contributed by atoms with Crippen LogP contribution in [0.2, 0.25) is 0 Å². The van der Waals surface area contributed by atoms with Crippen LogP contribution in [0.5, 0.6) is 0 Å². The summed E-state index contributed by atoms with van der Waals surface area (Å²) < 4.78 is 0. The number of unbranched alkanes of at least 4 members (excludes halogenated alkanes) is 1. The highest BCUT2D eigenvalue weighted by molar-refractivity contribution is 7.98. The molecule has 3 nitrogen and oxygen atoms in total. The van der Waals surface area contributed by atoms with Gasteiger partial charge in [0.05, 0.1) is 11.1 Å². The third kappa shape index (κ3) is 3.07. The van der Waals surface area contributed by atoms with Gasteiger partial charge in [-0.15, -0.1) is 0 Å². The van der Waals surface area contributed by atoms with Crippen LogP contribution in [0.4, 0.5) is 0 Å². The molecule has 0 aliphatic rings. The van der Waals surface area contributed by atoms with Crippen molar-refractivity contribution in [2.75, 3.05) is 18.6 Å². The van der Waals surface area contributed by atoms with Gasteiger partial charge in [-0.25, -0.2) is 0 Å². The molecule has 96 valence electrons. The monoisotopic (exact) mass is 262 g/mol. The Morgan fingerprint density at radius 1 is 1.33 bits per heavy atom. The maximum Gasteiger partial charge on any atom is 0.253 e. The lowest BCUT2D eigenvalue weighted by Crippen LogP contribution is -2.24. The van der Waals surface area contributed by atoms with E-state index in [1.807, 2.05) is 42.2 Å². The summed E-state index contributed by atoms with van der Waals surface area (Å²) in [6, 6.07) is 7.75. The predicted octanol–water partition coefficient (Wildman–Crippen LogP) is 3.04. The Kier molecular flexibility index (Phi) is 4.70. The average Bonchev–Trinajstić information content (AvgIpc) is 2.86. The third-order valence-corrected chi connectivity index (χ3v) is 3.59. The molecule has 0 aliphatic carbocycles. The summed E-state index contributed by atoms with van der Waals surface area (Å²) in [5.74, 6) is 1.16. The molecule has 2 aromatic rings. The Balaban J connectivity index is 1.94. The van der Waals surface area contributed by atoms with Crippen molar-refractivity contribution < 1.29 is 4.79 Å². The molecule has 2 N–H and O–H groups in total. The number of hydrogen-bond donors (Lipinski definition) is 2. The van der Waals surface area contributed by atoms with E-state index in [1.165, 1.54) is 0 Å². The molecule has 0 atom stereocenters. The molecule has 0 fully saturated rings. The predicted molar refractivity (Wildman–Crippen MR) is 78.2 cm³/mol. The molecule has 1 amide bonds. The third-order valence-electron chi connectivity index (χ3n) is 2.89. The maximum absolute atomic E-state index is 12.1.